The summed E-state index contributed by atoms with van der Waals surface area (Å²) in [6.45, 7) is 56.0. The van der Waals surface area contributed by atoms with Crippen LogP contribution in [0.15, 0.2) is 179 Å². The smallest absolute Gasteiger partial charge is 0.146 e. The van der Waals surface area contributed by atoms with Gasteiger partial charge in [-0.2, -0.15) is 0 Å². The minimum Gasteiger partial charge on any atom is -0.311 e. The van der Waals surface area contributed by atoms with Gasteiger partial charge in [-0.05, 0) is 234 Å². The molecule has 4 heteroatoms. The third-order valence-corrected chi connectivity index (χ3v) is 41.0. The molecule has 0 amide bonds. The van der Waals surface area contributed by atoms with Crippen LogP contribution in [0.1, 0.15) is 293 Å². The van der Waals surface area contributed by atoms with Crippen molar-refractivity contribution in [3.05, 3.63) is 229 Å². The number of rotatable bonds is 24. The molecule has 0 aliphatic rings. The number of benzene rings is 6. The van der Waals surface area contributed by atoms with Crippen LogP contribution >= 0.6 is 0 Å². The van der Waals surface area contributed by atoms with Gasteiger partial charge in [0, 0.05) is 101 Å². The number of allylic oxidation sites excluding steroid dienone is 6. The zero-order valence-electron chi connectivity index (χ0n) is 71.5. The average Bonchev–Trinajstić information content (AvgIpc) is 0.819. The van der Waals surface area contributed by atoms with E-state index in [4.69, 9.17) is 0 Å². The lowest BCUT2D eigenvalue weighted by Crippen LogP contribution is -2.43. The Morgan fingerprint density at radius 3 is 0.468 bits per heavy atom. The second-order valence-corrected chi connectivity index (χ2v) is 49.3. The lowest BCUT2D eigenvalue weighted by Gasteiger charge is -2.38. The number of hydrogen-bond donors (Lipinski definition) is 0. The molecule has 0 atom stereocenters. The largest absolute Gasteiger partial charge is 0.311 e. The van der Waals surface area contributed by atoms with E-state index in [1.807, 2.05) is 0 Å². The highest BCUT2D eigenvalue weighted by Gasteiger charge is 2.44. The highest BCUT2D eigenvalue weighted by atomic mass is 28.3. The fourth-order valence-corrected chi connectivity index (χ4v) is 32.1. The average molecular weight is 1490 g/mol. The molecule has 1 nitrogen and oxygen atoms in total. The van der Waals surface area contributed by atoms with E-state index >= 15 is 0 Å². The molecule has 0 radical (unpaired) electrons. The first kappa shape index (κ1) is 88.9. The van der Waals surface area contributed by atoms with Crippen molar-refractivity contribution in [3.8, 4) is 105 Å². The third-order valence-electron chi connectivity index (χ3n) is 22.1. The molecular formula is C105H129NSi3. The molecule has 0 aromatic heterocycles. The number of anilines is 3. The maximum Gasteiger partial charge on any atom is 0.146 e. The molecule has 0 aliphatic carbocycles. The summed E-state index contributed by atoms with van der Waals surface area (Å²) in [6.07, 6.45) is 11.1. The van der Waals surface area contributed by atoms with Gasteiger partial charge in [-0.25, -0.2) is 0 Å². The van der Waals surface area contributed by atoms with E-state index in [0.29, 0.717) is 49.9 Å². The summed E-state index contributed by atoms with van der Waals surface area (Å²) in [7, 11) is -5.53. The number of hydrogen-bond acceptors (Lipinski definition) is 1. The normalized spacial score (nSPS) is 12.1. The summed E-state index contributed by atoms with van der Waals surface area (Å²) in [5.74, 6) is 53.9. The van der Waals surface area contributed by atoms with Crippen LogP contribution in [0.4, 0.5) is 17.1 Å². The van der Waals surface area contributed by atoms with Gasteiger partial charge < -0.3 is 4.90 Å². The SMILES string of the molecule is CCCC(C#Cc1ccc(C#C[Si](C(C)C)(C(C)C)C(C)C)cc1)=C(C#Cc1ccc(N(c2ccc(C#CC(CCC)=C(C#Cc3ccc(C#C[Si](C(C)C)(C(C)C)C(C)C)cc3)CCC)cc2)c2ccc(C#CC(CCC)=C(C#Cc3ccc(C#C[Si](C(C)C)(C(C)C)C(C)C)cc3)CCC)cc2)cc1)CCC. The van der Waals surface area contributed by atoms with Crippen LogP contribution in [0.5, 0.6) is 0 Å². The van der Waals surface area contributed by atoms with Crippen LogP contribution in [0.2, 0.25) is 49.9 Å². The Morgan fingerprint density at radius 1 is 0.211 bits per heavy atom. The summed E-state index contributed by atoms with van der Waals surface area (Å²) < 4.78 is 0. The highest BCUT2D eigenvalue weighted by Crippen LogP contribution is 2.44. The van der Waals surface area contributed by atoms with E-state index < -0.39 is 24.2 Å². The third kappa shape index (κ3) is 24.5. The van der Waals surface area contributed by atoms with Crippen LogP contribution < -0.4 is 4.90 Å². The van der Waals surface area contributed by atoms with Gasteiger partial charge in [-0.1, -0.05) is 294 Å². The van der Waals surface area contributed by atoms with Crippen molar-refractivity contribution in [2.75, 3.05) is 4.90 Å². The Hall–Kier alpha value is -8.97. The molecule has 0 unspecified atom stereocenters. The van der Waals surface area contributed by atoms with Crippen molar-refractivity contribution >= 4 is 41.3 Å². The Kier molecular flexibility index (Phi) is 35.9. The van der Waals surface area contributed by atoms with Crippen molar-refractivity contribution in [1.82, 2.24) is 0 Å². The van der Waals surface area contributed by atoms with Crippen molar-refractivity contribution in [2.24, 2.45) is 0 Å². The molecule has 0 saturated carbocycles. The standard InChI is InChI=1S/C105H129NSi3/c1-25-31-97(61-49-88-37-43-94(44-38-88)73-76-107(79(7)8,80(9)10)81(11)12)100(34-28-4)64-52-91-55-67-103(68-56-91)106(104-69-57-92(58-70-104)53-65-101(35-29-5)98(32-26-2)62-50-89-39-45-95(46-40-89)74-77-108(82(13)14,83(15)16)84(17)18)105-71-59-93(60-72-105)54-66-102(36-30-6)99(33-27-3)63-51-90-41-47-96(48-42-90)75-78-109(85(19)20,86(21)22)87(23)24/h37-48,55-60,67-72,79-87H,25-36H2,1-24H3. The van der Waals surface area contributed by atoms with E-state index in [2.05, 4.69) is 422 Å². The molecule has 0 N–H and O–H groups in total. The summed E-state index contributed by atoms with van der Waals surface area (Å²) in [5.41, 5.74) is 35.7. The lowest BCUT2D eigenvalue weighted by molar-refractivity contribution is 0.838. The summed E-state index contributed by atoms with van der Waals surface area (Å²) in [6, 6.07) is 51.6. The second kappa shape index (κ2) is 44.0. The molecule has 6 rings (SSSR count). The molecule has 6 aromatic rings. The minimum absolute atomic E-state index is 0.589. The molecule has 0 fully saturated rings. The first-order valence-electron chi connectivity index (χ1n) is 41.5. The molecule has 0 heterocycles. The summed E-state index contributed by atoms with van der Waals surface area (Å²) in [5, 5.41) is 0. The number of nitrogens with zero attached hydrogens (tertiary/aromatic N) is 1. The molecular weight excluding hydrogens is 1360 g/mol. The van der Waals surface area contributed by atoms with Crippen LogP contribution in [0.25, 0.3) is 0 Å². The molecule has 0 aliphatic heterocycles. The quantitative estimate of drug-likeness (QED) is 0.0431. The van der Waals surface area contributed by atoms with Crippen molar-refractivity contribution in [3.63, 3.8) is 0 Å². The van der Waals surface area contributed by atoms with E-state index in [1.165, 1.54) is 0 Å². The Morgan fingerprint density at radius 2 is 0.339 bits per heavy atom. The Labute approximate surface area is 669 Å². The molecule has 6 aromatic carbocycles. The van der Waals surface area contributed by atoms with Crippen molar-refractivity contribution in [1.29, 1.82) is 0 Å². The van der Waals surface area contributed by atoms with E-state index in [-0.39, 0.29) is 0 Å². The van der Waals surface area contributed by atoms with Gasteiger partial charge in [0.2, 0.25) is 0 Å². The monoisotopic (exact) mass is 1490 g/mol. The first-order valence-corrected chi connectivity index (χ1v) is 48.1. The topological polar surface area (TPSA) is 3.24 Å². The fourth-order valence-electron chi connectivity index (χ4n) is 16.4. The predicted octanol–water partition coefficient (Wildman–Crippen LogP) is 28.8. The van der Waals surface area contributed by atoms with Gasteiger partial charge in [0.25, 0.3) is 0 Å². The van der Waals surface area contributed by atoms with Gasteiger partial charge >= 0.3 is 0 Å². The van der Waals surface area contributed by atoms with Gasteiger partial charge in [0.05, 0.1) is 0 Å². The Bertz CT molecular complexity index is 4130. The van der Waals surface area contributed by atoms with Crippen LogP contribution in [-0.4, -0.2) is 24.2 Å². The van der Waals surface area contributed by atoms with Gasteiger partial charge in [-0.15, -0.1) is 16.6 Å². The van der Waals surface area contributed by atoms with Gasteiger partial charge in [-0.3, -0.25) is 0 Å². The second-order valence-electron chi connectivity index (χ2n) is 32.5. The minimum atomic E-state index is -1.84. The van der Waals surface area contributed by atoms with Gasteiger partial charge in [0.1, 0.15) is 24.2 Å². The molecule has 566 valence electrons. The maximum atomic E-state index is 3.89. The van der Waals surface area contributed by atoms with Crippen LogP contribution in [-0.2, 0) is 0 Å². The van der Waals surface area contributed by atoms with Crippen molar-refractivity contribution in [2.45, 2.75) is 293 Å². The van der Waals surface area contributed by atoms with E-state index in [0.717, 1.165) is 178 Å². The van der Waals surface area contributed by atoms with Crippen LogP contribution in [0, 0.1) is 105 Å². The summed E-state index contributed by atoms with van der Waals surface area (Å²) in [4.78, 5) is 2.31. The molecule has 109 heavy (non-hydrogen) atoms. The zero-order chi connectivity index (χ0) is 79.8. The molecule has 0 saturated heterocycles. The van der Waals surface area contributed by atoms with Crippen molar-refractivity contribution < 1.29 is 0 Å². The van der Waals surface area contributed by atoms with Gasteiger partial charge in [0.15, 0.2) is 0 Å². The summed E-state index contributed by atoms with van der Waals surface area (Å²) >= 11 is 0. The zero-order valence-corrected chi connectivity index (χ0v) is 74.5. The maximum absolute atomic E-state index is 3.89. The fraction of sp³-hybridized carbons (Fsp3) is 0.429. The van der Waals surface area contributed by atoms with E-state index in [9.17, 15) is 0 Å². The van der Waals surface area contributed by atoms with E-state index in [1.54, 1.807) is 0 Å². The van der Waals surface area contributed by atoms with Crippen LogP contribution in [0.3, 0.4) is 0 Å². The molecule has 0 bridgehead atoms. The highest BCUT2D eigenvalue weighted by molar-refractivity contribution is 6.91. The molecule has 0 spiro atoms. The lowest BCUT2D eigenvalue weighted by atomic mass is 9.99. The first-order chi connectivity index (χ1) is 52.2. The predicted molar refractivity (Wildman–Crippen MR) is 486 cm³/mol. The Balaban J connectivity index is 1.38.